The second kappa shape index (κ2) is 9.08. The molecule has 1 fully saturated rings. The Bertz CT molecular complexity index is 1040. The van der Waals surface area contributed by atoms with Gasteiger partial charge in [0.2, 0.25) is 0 Å². The Kier molecular flexibility index (Phi) is 6.32. The maximum absolute atomic E-state index is 12.6. The Balaban J connectivity index is 1.80. The number of nitriles is 1. The first-order chi connectivity index (χ1) is 14.0. The molecule has 0 aliphatic carbocycles. The van der Waals surface area contributed by atoms with Crippen molar-refractivity contribution in [2.24, 2.45) is 4.99 Å². The quantitative estimate of drug-likeness (QED) is 0.555. The summed E-state index contributed by atoms with van der Waals surface area (Å²) in [6, 6.07) is 15.7. The second-order valence-electron chi connectivity index (χ2n) is 5.93. The minimum atomic E-state index is -0.419. The van der Waals surface area contributed by atoms with E-state index in [0.29, 0.717) is 27.1 Å². The van der Waals surface area contributed by atoms with E-state index in [1.165, 1.54) is 23.8 Å². The standard InChI is InChI=1S/C21H17N3O4S/c1-24-19(25)18(13-14-4-3-5-17(12-14)28-11-10-22)29-21(24)23-16-8-6-15(7-9-16)20(26)27-2/h3-9,12-13H,11H2,1-2H3/b18-13+,23-21?. The molecule has 0 aromatic heterocycles. The Morgan fingerprint density at radius 1 is 1.28 bits per heavy atom. The van der Waals surface area contributed by atoms with Crippen LogP contribution in [0.3, 0.4) is 0 Å². The van der Waals surface area contributed by atoms with Crippen molar-refractivity contribution in [3.05, 3.63) is 64.6 Å². The number of thioether (sulfide) groups is 1. The van der Waals surface area contributed by atoms with Crippen molar-refractivity contribution in [2.45, 2.75) is 0 Å². The summed E-state index contributed by atoms with van der Waals surface area (Å²) in [6.45, 7) is -0.0397. The molecule has 29 heavy (non-hydrogen) atoms. The maximum Gasteiger partial charge on any atom is 0.337 e. The molecule has 0 radical (unpaired) electrons. The lowest BCUT2D eigenvalue weighted by molar-refractivity contribution is -0.121. The third-order valence-corrected chi connectivity index (χ3v) is 5.04. The normalized spacial score (nSPS) is 16.2. The number of amides is 1. The van der Waals surface area contributed by atoms with Crippen LogP contribution < -0.4 is 4.74 Å². The summed E-state index contributed by atoms with van der Waals surface area (Å²) in [7, 11) is 2.98. The fourth-order valence-electron chi connectivity index (χ4n) is 2.51. The fraction of sp³-hybridized carbons (Fsp3) is 0.143. The molecule has 1 aliphatic heterocycles. The molecule has 1 aliphatic rings. The summed E-state index contributed by atoms with van der Waals surface area (Å²) < 4.78 is 9.97. The molecule has 2 aromatic rings. The summed E-state index contributed by atoms with van der Waals surface area (Å²) in [5.41, 5.74) is 1.83. The van der Waals surface area contributed by atoms with Crippen molar-refractivity contribution in [1.82, 2.24) is 4.90 Å². The molecule has 0 atom stereocenters. The van der Waals surface area contributed by atoms with Crippen LogP contribution in [-0.4, -0.2) is 42.7 Å². The number of esters is 1. The third-order valence-electron chi connectivity index (χ3n) is 3.98. The van der Waals surface area contributed by atoms with Crippen LogP contribution in [0.4, 0.5) is 5.69 Å². The zero-order chi connectivity index (χ0) is 20.8. The predicted octanol–water partition coefficient (Wildman–Crippen LogP) is 3.61. The van der Waals surface area contributed by atoms with Crippen molar-refractivity contribution >= 4 is 40.6 Å². The van der Waals surface area contributed by atoms with Crippen LogP contribution in [0.25, 0.3) is 6.08 Å². The lowest BCUT2D eigenvalue weighted by atomic mass is 10.2. The SMILES string of the molecule is COC(=O)c1ccc(N=C2S/C(=C/c3cccc(OCC#N)c3)C(=O)N2C)cc1. The smallest absolute Gasteiger partial charge is 0.337 e. The molecule has 2 aromatic carbocycles. The number of rotatable bonds is 5. The van der Waals surface area contributed by atoms with E-state index in [9.17, 15) is 9.59 Å². The zero-order valence-electron chi connectivity index (χ0n) is 15.8. The summed E-state index contributed by atoms with van der Waals surface area (Å²) in [5, 5.41) is 9.15. The van der Waals surface area contributed by atoms with Gasteiger partial charge in [-0.15, -0.1) is 0 Å². The number of benzene rings is 2. The van der Waals surface area contributed by atoms with Crippen molar-refractivity contribution < 1.29 is 19.1 Å². The van der Waals surface area contributed by atoms with Gasteiger partial charge in [-0.2, -0.15) is 5.26 Å². The van der Waals surface area contributed by atoms with Crippen LogP contribution in [0.15, 0.2) is 58.4 Å². The number of ether oxygens (including phenoxy) is 2. The molecule has 0 spiro atoms. The lowest BCUT2D eigenvalue weighted by Gasteiger charge is -2.07. The van der Waals surface area contributed by atoms with E-state index < -0.39 is 5.97 Å². The predicted molar refractivity (Wildman–Crippen MR) is 111 cm³/mol. The number of hydrogen-bond donors (Lipinski definition) is 0. The topological polar surface area (TPSA) is 92.0 Å². The number of likely N-dealkylation sites (N-methyl/N-ethyl adjacent to an activating group) is 1. The van der Waals surface area contributed by atoms with Gasteiger partial charge in [0.1, 0.15) is 11.8 Å². The van der Waals surface area contributed by atoms with E-state index in [1.807, 2.05) is 12.1 Å². The largest absolute Gasteiger partial charge is 0.479 e. The van der Waals surface area contributed by atoms with E-state index >= 15 is 0 Å². The Labute approximate surface area is 172 Å². The minimum absolute atomic E-state index is 0.0397. The van der Waals surface area contributed by atoms with Crippen molar-refractivity contribution in [2.75, 3.05) is 20.8 Å². The van der Waals surface area contributed by atoms with Crippen LogP contribution in [0.1, 0.15) is 15.9 Å². The number of hydrogen-bond acceptors (Lipinski definition) is 7. The highest BCUT2D eigenvalue weighted by molar-refractivity contribution is 8.18. The van der Waals surface area contributed by atoms with Crippen molar-refractivity contribution in [3.63, 3.8) is 0 Å². The van der Waals surface area contributed by atoms with Gasteiger partial charge in [-0.1, -0.05) is 12.1 Å². The van der Waals surface area contributed by atoms with Crippen LogP contribution in [0.5, 0.6) is 5.75 Å². The monoisotopic (exact) mass is 407 g/mol. The number of carbonyl (C=O) groups excluding carboxylic acids is 2. The van der Waals surface area contributed by atoms with E-state index in [1.54, 1.807) is 55.6 Å². The average Bonchev–Trinajstić information content (AvgIpc) is 3.00. The summed E-state index contributed by atoms with van der Waals surface area (Å²) >= 11 is 1.26. The molecular weight excluding hydrogens is 390 g/mol. The van der Waals surface area contributed by atoms with E-state index in [2.05, 4.69) is 9.73 Å². The third kappa shape index (κ3) is 4.83. The summed E-state index contributed by atoms with van der Waals surface area (Å²) in [4.78, 5) is 30.6. The number of methoxy groups -OCH3 is 1. The maximum atomic E-state index is 12.6. The van der Waals surface area contributed by atoms with Gasteiger partial charge in [0.25, 0.3) is 5.91 Å². The molecule has 1 heterocycles. The van der Waals surface area contributed by atoms with Gasteiger partial charge in [-0.25, -0.2) is 9.79 Å². The molecular formula is C21H17N3O4S. The first-order valence-corrected chi connectivity index (χ1v) is 9.38. The highest BCUT2D eigenvalue weighted by Crippen LogP contribution is 2.33. The molecule has 1 amide bonds. The minimum Gasteiger partial charge on any atom is -0.479 e. The lowest BCUT2D eigenvalue weighted by Crippen LogP contribution is -2.23. The number of carbonyl (C=O) groups is 2. The fourth-order valence-corrected chi connectivity index (χ4v) is 3.50. The Morgan fingerprint density at radius 3 is 2.72 bits per heavy atom. The first-order valence-electron chi connectivity index (χ1n) is 8.56. The zero-order valence-corrected chi connectivity index (χ0v) is 16.6. The van der Waals surface area contributed by atoms with Crippen LogP contribution >= 0.6 is 11.8 Å². The van der Waals surface area contributed by atoms with Gasteiger partial charge in [0, 0.05) is 7.05 Å². The molecule has 0 bridgehead atoms. The molecule has 7 nitrogen and oxygen atoms in total. The van der Waals surface area contributed by atoms with Crippen LogP contribution in [0, 0.1) is 11.3 Å². The Morgan fingerprint density at radius 2 is 2.03 bits per heavy atom. The molecule has 0 unspecified atom stereocenters. The van der Waals surface area contributed by atoms with E-state index in [4.69, 9.17) is 10.00 Å². The average molecular weight is 407 g/mol. The van der Waals surface area contributed by atoms with E-state index in [-0.39, 0.29) is 12.5 Å². The van der Waals surface area contributed by atoms with Crippen LogP contribution in [0.2, 0.25) is 0 Å². The van der Waals surface area contributed by atoms with Crippen molar-refractivity contribution in [1.29, 1.82) is 5.26 Å². The molecule has 146 valence electrons. The highest BCUT2D eigenvalue weighted by Gasteiger charge is 2.30. The number of aliphatic imine (C=N–C) groups is 1. The van der Waals surface area contributed by atoms with E-state index in [0.717, 1.165) is 5.56 Å². The first kappa shape index (κ1) is 20.2. The number of nitrogens with zero attached hydrogens (tertiary/aromatic N) is 3. The molecule has 0 N–H and O–H groups in total. The van der Waals surface area contributed by atoms with Gasteiger partial charge >= 0.3 is 5.97 Å². The molecule has 8 heteroatoms. The van der Waals surface area contributed by atoms with Crippen molar-refractivity contribution in [3.8, 4) is 11.8 Å². The highest BCUT2D eigenvalue weighted by atomic mass is 32.2. The van der Waals surface area contributed by atoms with Gasteiger partial charge in [0.15, 0.2) is 11.8 Å². The molecule has 1 saturated heterocycles. The van der Waals surface area contributed by atoms with Crippen LogP contribution in [-0.2, 0) is 9.53 Å². The van der Waals surface area contributed by atoms with Gasteiger partial charge in [-0.05, 0) is 59.8 Å². The van der Waals surface area contributed by atoms with Gasteiger partial charge in [0.05, 0.1) is 23.3 Å². The van der Waals surface area contributed by atoms with Gasteiger partial charge < -0.3 is 9.47 Å². The molecule has 0 saturated carbocycles. The second-order valence-corrected chi connectivity index (χ2v) is 6.94. The number of amidine groups is 1. The Hall–Kier alpha value is -3.57. The summed E-state index contributed by atoms with van der Waals surface area (Å²) in [5.74, 6) is -0.0227. The molecule has 3 rings (SSSR count). The van der Waals surface area contributed by atoms with Gasteiger partial charge in [-0.3, -0.25) is 9.69 Å². The summed E-state index contributed by atoms with van der Waals surface area (Å²) in [6.07, 6.45) is 1.76.